The molecule has 3 rings (SSSR count). The average Bonchev–Trinajstić information content (AvgIpc) is 2.64. The lowest BCUT2D eigenvalue weighted by Gasteiger charge is -2.21. The van der Waals surface area contributed by atoms with E-state index in [1.165, 1.54) is 0 Å². The molecule has 27 heavy (non-hydrogen) atoms. The number of halogens is 2. The summed E-state index contributed by atoms with van der Waals surface area (Å²) in [6.45, 7) is 3.98. The van der Waals surface area contributed by atoms with E-state index in [2.05, 4.69) is 51.2 Å². The van der Waals surface area contributed by atoms with Crippen LogP contribution in [0, 0.1) is 13.8 Å². The van der Waals surface area contributed by atoms with Gasteiger partial charge in [0.2, 0.25) is 0 Å². The van der Waals surface area contributed by atoms with Gasteiger partial charge in [-0.3, -0.25) is 4.98 Å². The number of nitrogens with zero attached hydrogens (tertiary/aromatic N) is 2. The van der Waals surface area contributed by atoms with Crippen molar-refractivity contribution in [2.45, 2.75) is 26.2 Å². The topological polar surface area (TPSA) is 45.5 Å². The molecule has 0 aliphatic carbocycles. The molecule has 1 N–H and O–H groups in total. The van der Waals surface area contributed by atoms with Gasteiger partial charge in [0.1, 0.15) is 0 Å². The Morgan fingerprint density at radius 1 is 1.11 bits per heavy atom. The molecule has 1 atom stereocenters. The minimum atomic E-state index is 0.0368. The lowest BCUT2D eigenvalue weighted by molar-refractivity contribution is 0.317. The Hall–Kier alpha value is -2.17. The van der Waals surface area contributed by atoms with Crippen LogP contribution in [0.25, 0.3) is 0 Å². The molecular weight excluding hydrogens is 424 g/mol. The molecule has 0 radical (unpaired) electrons. The molecule has 0 amide bonds. The average molecular weight is 444 g/mol. The Bertz CT molecular complexity index is 970. The van der Waals surface area contributed by atoms with E-state index in [1.807, 2.05) is 43.3 Å². The molecule has 1 heterocycles. The normalized spacial score (nSPS) is 12.8. The van der Waals surface area contributed by atoms with Gasteiger partial charge in [0, 0.05) is 39.3 Å². The molecule has 0 aliphatic heterocycles. The van der Waals surface area contributed by atoms with E-state index in [-0.39, 0.29) is 5.92 Å². The lowest BCUT2D eigenvalue weighted by Crippen LogP contribution is -2.12. The summed E-state index contributed by atoms with van der Waals surface area (Å²) in [6, 6.07) is 18.0. The number of hydrogen-bond acceptors (Lipinski definition) is 3. The van der Waals surface area contributed by atoms with E-state index in [0.29, 0.717) is 17.2 Å². The largest absolute Gasteiger partial charge is 0.411 e. The number of benzene rings is 2. The fourth-order valence-electron chi connectivity index (χ4n) is 3.27. The van der Waals surface area contributed by atoms with Gasteiger partial charge in [-0.05, 0) is 66.9 Å². The first-order valence-corrected chi connectivity index (χ1v) is 9.80. The second kappa shape index (κ2) is 8.68. The molecule has 1 unspecified atom stereocenters. The Labute approximate surface area is 172 Å². The molecule has 0 saturated heterocycles. The Morgan fingerprint density at radius 2 is 1.85 bits per heavy atom. The molecule has 1 aromatic heterocycles. The van der Waals surface area contributed by atoms with Gasteiger partial charge in [-0.2, -0.15) is 0 Å². The third-order valence-corrected chi connectivity index (χ3v) is 5.39. The molecule has 0 saturated carbocycles. The molecular formula is C22H20BrClN2O. The molecule has 2 aromatic carbocycles. The summed E-state index contributed by atoms with van der Waals surface area (Å²) in [6.07, 6.45) is 2.29. The van der Waals surface area contributed by atoms with Crippen molar-refractivity contribution in [1.29, 1.82) is 0 Å². The van der Waals surface area contributed by atoms with Crippen molar-refractivity contribution in [3.05, 3.63) is 98.2 Å². The maximum Gasteiger partial charge on any atom is 0.0878 e. The van der Waals surface area contributed by atoms with Gasteiger partial charge in [0.15, 0.2) is 0 Å². The van der Waals surface area contributed by atoms with E-state index < -0.39 is 0 Å². The Kier molecular flexibility index (Phi) is 6.30. The van der Waals surface area contributed by atoms with Gasteiger partial charge >= 0.3 is 0 Å². The van der Waals surface area contributed by atoms with Gasteiger partial charge in [0.25, 0.3) is 0 Å². The van der Waals surface area contributed by atoms with Crippen molar-refractivity contribution in [3.8, 4) is 0 Å². The van der Waals surface area contributed by atoms with Gasteiger partial charge in [0.05, 0.1) is 5.71 Å². The monoisotopic (exact) mass is 442 g/mol. The van der Waals surface area contributed by atoms with Crippen LogP contribution in [0.5, 0.6) is 0 Å². The molecule has 0 bridgehead atoms. The zero-order valence-corrected chi connectivity index (χ0v) is 17.5. The first-order chi connectivity index (χ1) is 13.0. The Balaban J connectivity index is 2.05. The first-order valence-electron chi connectivity index (χ1n) is 8.63. The standard InChI is InChI=1S/C22H20BrClN2O/c1-14-11-19(24)7-8-20(14)21(16-3-5-18(23)6-4-16)13-22(26-27)17-9-10-25-15(2)12-17/h3-12,21,27H,13H2,1-2H3. The van der Waals surface area contributed by atoms with Crippen molar-refractivity contribution >= 4 is 33.2 Å². The van der Waals surface area contributed by atoms with Crippen LogP contribution in [0.4, 0.5) is 0 Å². The SMILES string of the molecule is Cc1cc(C(CC(c2ccc(Br)cc2)c2ccc(Cl)cc2C)=NO)ccn1. The van der Waals surface area contributed by atoms with Crippen LogP contribution in [0.1, 0.15) is 40.3 Å². The smallest absolute Gasteiger partial charge is 0.0878 e. The zero-order chi connectivity index (χ0) is 19.4. The van der Waals surface area contributed by atoms with Crippen LogP contribution in [-0.4, -0.2) is 15.9 Å². The van der Waals surface area contributed by atoms with Gasteiger partial charge < -0.3 is 5.21 Å². The molecule has 0 fully saturated rings. The number of rotatable bonds is 5. The predicted molar refractivity (Wildman–Crippen MR) is 114 cm³/mol. The summed E-state index contributed by atoms with van der Waals surface area (Å²) in [4.78, 5) is 4.23. The van der Waals surface area contributed by atoms with E-state index in [9.17, 15) is 5.21 Å². The Morgan fingerprint density at radius 3 is 2.48 bits per heavy atom. The summed E-state index contributed by atoms with van der Waals surface area (Å²) in [5.41, 5.74) is 5.81. The van der Waals surface area contributed by atoms with Crippen molar-refractivity contribution in [2.24, 2.45) is 5.16 Å². The van der Waals surface area contributed by atoms with Gasteiger partial charge in [-0.15, -0.1) is 0 Å². The van der Waals surface area contributed by atoms with Crippen LogP contribution in [0.3, 0.4) is 0 Å². The highest BCUT2D eigenvalue weighted by Crippen LogP contribution is 2.33. The van der Waals surface area contributed by atoms with E-state index >= 15 is 0 Å². The number of aryl methyl sites for hydroxylation is 2. The zero-order valence-electron chi connectivity index (χ0n) is 15.2. The molecule has 5 heteroatoms. The second-order valence-electron chi connectivity index (χ2n) is 6.54. The fourth-order valence-corrected chi connectivity index (χ4v) is 3.76. The number of oxime groups is 1. The lowest BCUT2D eigenvalue weighted by atomic mass is 9.83. The number of pyridine rings is 1. The highest BCUT2D eigenvalue weighted by molar-refractivity contribution is 9.10. The fraction of sp³-hybridized carbons (Fsp3) is 0.182. The van der Waals surface area contributed by atoms with Gasteiger partial charge in [-0.25, -0.2) is 0 Å². The van der Waals surface area contributed by atoms with Crippen LogP contribution in [-0.2, 0) is 0 Å². The predicted octanol–water partition coefficient (Wildman–Crippen LogP) is 6.51. The van der Waals surface area contributed by atoms with E-state index in [0.717, 1.165) is 32.4 Å². The van der Waals surface area contributed by atoms with Crippen LogP contribution in [0.15, 0.2) is 70.4 Å². The molecule has 138 valence electrons. The molecule has 0 spiro atoms. The van der Waals surface area contributed by atoms with Crippen molar-refractivity contribution in [2.75, 3.05) is 0 Å². The third-order valence-electron chi connectivity index (χ3n) is 4.63. The number of hydrogen-bond donors (Lipinski definition) is 1. The second-order valence-corrected chi connectivity index (χ2v) is 7.89. The van der Waals surface area contributed by atoms with E-state index in [4.69, 9.17) is 11.6 Å². The minimum Gasteiger partial charge on any atom is -0.411 e. The molecule has 0 aliphatic rings. The summed E-state index contributed by atoms with van der Waals surface area (Å²) >= 11 is 9.65. The molecule has 3 nitrogen and oxygen atoms in total. The van der Waals surface area contributed by atoms with Crippen LogP contribution < -0.4 is 0 Å². The summed E-state index contributed by atoms with van der Waals surface area (Å²) in [5, 5.41) is 14.0. The first kappa shape index (κ1) is 19.6. The third kappa shape index (κ3) is 4.76. The highest BCUT2D eigenvalue weighted by atomic mass is 79.9. The quantitative estimate of drug-likeness (QED) is 0.277. The summed E-state index contributed by atoms with van der Waals surface area (Å²) in [5.74, 6) is 0.0368. The number of aromatic nitrogens is 1. The summed E-state index contributed by atoms with van der Waals surface area (Å²) < 4.78 is 1.03. The maximum absolute atomic E-state index is 9.71. The van der Waals surface area contributed by atoms with Crippen LogP contribution in [0.2, 0.25) is 5.02 Å². The minimum absolute atomic E-state index is 0.0368. The van der Waals surface area contributed by atoms with Crippen molar-refractivity contribution < 1.29 is 5.21 Å². The van der Waals surface area contributed by atoms with E-state index in [1.54, 1.807) is 6.20 Å². The van der Waals surface area contributed by atoms with Crippen molar-refractivity contribution in [1.82, 2.24) is 4.98 Å². The highest BCUT2D eigenvalue weighted by Gasteiger charge is 2.20. The molecule has 3 aromatic rings. The summed E-state index contributed by atoms with van der Waals surface area (Å²) in [7, 11) is 0. The maximum atomic E-state index is 9.71. The van der Waals surface area contributed by atoms with Crippen LogP contribution >= 0.6 is 27.5 Å². The van der Waals surface area contributed by atoms with Gasteiger partial charge in [-0.1, -0.05) is 50.9 Å². The van der Waals surface area contributed by atoms with Crippen molar-refractivity contribution in [3.63, 3.8) is 0 Å².